The number of rotatable bonds is 9. The van der Waals surface area contributed by atoms with Gasteiger partial charge in [0.25, 0.3) is 0 Å². The van der Waals surface area contributed by atoms with Crippen molar-refractivity contribution < 1.29 is 9.53 Å². The van der Waals surface area contributed by atoms with Gasteiger partial charge in [0, 0.05) is 10.6 Å². The fourth-order valence-corrected chi connectivity index (χ4v) is 3.85. The lowest BCUT2D eigenvalue weighted by Crippen LogP contribution is -2.08. The number of thioether (sulfide) groups is 1. The van der Waals surface area contributed by atoms with Crippen LogP contribution in [0, 0.1) is 11.3 Å². The normalized spacial score (nSPS) is 10.4. The summed E-state index contributed by atoms with van der Waals surface area (Å²) in [6.45, 7) is 2.23. The summed E-state index contributed by atoms with van der Waals surface area (Å²) in [6.07, 6.45) is 4.94. The number of aryl methyl sites for hydroxylation is 1. The van der Waals surface area contributed by atoms with Crippen LogP contribution < -0.4 is 4.74 Å². The van der Waals surface area contributed by atoms with Crippen molar-refractivity contribution in [1.82, 2.24) is 0 Å². The second-order valence-electron chi connectivity index (χ2n) is 7.11. The van der Waals surface area contributed by atoms with Gasteiger partial charge in [-0.05, 0) is 72.5 Å². The quantitative estimate of drug-likeness (QED) is 0.167. The third kappa shape index (κ3) is 6.50. The van der Waals surface area contributed by atoms with Crippen LogP contribution in [-0.2, 0) is 12.2 Å². The lowest BCUT2D eigenvalue weighted by molar-refractivity contribution is 0.0735. The highest BCUT2D eigenvalue weighted by Crippen LogP contribution is 2.24. The van der Waals surface area contributed by atoms with Crippen molar-refractivity contribution in [3.63, 3.8) is 0 Å². The van der Waals surface area contributed by atoms with E-state index in [1.807, 2.05) is 18.2 Å². The monoisotopic (exact) mass is 415 g/mol. The standard InChI is InChI=1S/C26H25NO2S/c1-2-3-4-5-20-10-16-25(17-11-20)30-19-22-6-12-23(13-7-22)26(28)29-24-14-8-21(18-27)9-15-24/h6-17H,2-5,19H2,1H3. The number of esters is 1. The average molecular weight is 416 g/mol. The van der Waals surface area contributed by atoms with Crippen LogP contribution in [0.5, 0.6) is 5.75 Å². The molecule has 0 fully saturated rings. The maximum absolute atomic E-state index is 12.3. The molecule has 30 heavy (non-hydrogen) atoms. The summed E-state index contributed by atoms with van der Waals surface area (Å²) in [5.41, 5.74) is 3.59. The molecule has 0 aliphatic heterocycles. The number of ether oxygens (including phenoxy) is 1. The predicted molar refractivity (Wildman–Crippen MR) is 122 cm³/mol. The summed E-state index contributed by atoms with van der Waals surface area (Å²) in [7, 11) is 0. The van der Waals surface area contributed by atoms with Crippen molar-refractivity contribution in [3.8, 4) is 11.8 Å². The van der Waals surface area contributed by atoms with E-state index < -0.39 is 5.97 Å². The molecule has 3 aromatic rings. The van der Waals surface area contributed by atoms with Crippen LogP contribution in [0.3, 0.4) is 0 Å². The SMILES string of the molecule is CCCCCc1ccc(SCc2ccc(C(=O)Oc3ccc(C#N)cc3)cc2)cc1. The van der Waals surface area contributed by atoms with E-state index in [2.05, 4.69) is 31.2 Å². The van der Waals surface area contributed by atoms with Gasteiger partial charge >= 0.3 is 5.97 Å². The average Bonchev–Trinajstić information content (AvgIpc) is 2.79. The van der Waals surface area contributed by atoms with E-state index in [-0.39, 0.29) is 0 Å². The Morgan fingerprint density at radius 2 is 1.57 bits per heavy atom. The summed E-state index contributed by atoms with van der Waals surface area (Å²) < 4.78 is 5.36. The van der Waals surface area contributed by atoms with Gasteiger partial charge in [0.15, 0.2) is 0 Å². The Bertz CT molecular complexity index is 987. The first-order valence-corrected chi connectivity index (χ1v) is 11.2. The largest absolute Gasteiger partial charge is 0.423 e. The molecule has 152 valence electrons. The zero-order chi connectivity index (χ0) is 21.2. The smallest absolute Gasteiger partial charge is 0.343 e. The molecule has 3 nitrogen and oxygen atoms in total. The number of unbranched alkanes of at least 4 members (excludes halogenated alkanes) is 2. The maximum atomic E-state index is 12.3. The first kappa shape index (κ1) is 21.7. The molecule has 0 bridgehead atoms. The molecular weight excluding hydrogens is 390 g/mol. The van der Waals surface area contributed by atoms with Gasteiger partial charge < -0.3 is 4.74 Å². The Hall–Kier alpha value is -3.03. The first-order valence-electron chi connectivity index (χ1n) is 10.2. The fourth-order valence-electron chi connectivity index (χ4n) is 3.00. The molecule has 0 heterocycles. The molecule has 4 heteroatoms. The van der Waals surface area contributed by atoms with E-state index in [0.29, 0.717) is 16.9 Å². The molecule has 0 N–H and O–H groups in total. The molecule has 0 radical (unpaired) electrons. The Morgan fingerprint density at radius 1 is 0.900 bits per heavy atom. The number of benzene rings is 3. The third-order valence-corrected chi connectivity index (χ3v) is 5.86. The van der Waals surface area contributed by atoms with Crippen LogP contribution in [-0.4, -0.2) is 5.97 Å². The van der Waals surface area contributed by atoms with Gasteiger partial charge in [-0.1, -0.05) is 44.0 Å². The minimum Gasteiger partial charge on any atom is -0.423 e. The zero-order valence-corrected chi connectivity index (χ0v) is 18.0. The predicted octanol–water partition coefficient (Wildman–Crippen LogP) is 6.80. The van der Waals surface area contributed by atoms with Crippen molar-refractivity contribution in [3.05, 3.63) is 95.1 Å². The van der Waals surface area contributed by atoms with E-state index in [4.69, 9.17) is 10.00 Å². The van der Waals surface area contributed by atoms with Crippen LogP contribution in [0.4, 0.5) is 0 Å². The number of carbonyl (C=O) groups excluding carboxylic acids is 1. The summed E-state index contributed by atoms with van der Waals surface area (Å²) in [5, 5.41) is 8.82. The van der Waals surface area contributed by atoms with Gasteiger partial charge in [-0.3, -0.25) is 0 Å². The number of hydrogen-bond donors (Lipinski definition) is 0. The molecule has 0 aromatic heterocycles. The highest BCUT2D eigenvalue weighted by molar-refractivity contribution is 7.98. The number of nitrogens with zero attached hydrogens (tertiary/aromatic N) is 1. The highest BCUT2D eigenvalue weighted by Gasteiger charge is 2.09. The summed E-state index contributed by atoms with van der Waals surface area (Å²) in [5.74, 6) is 0.870. The van der Waals surface area contributed by atoms with Crippen LogP contribution >= 0.6 is 11.8 Å². The molecule has 3 rings (SSSR count). The van der Waals surface area contributed by atoms with Gasteiger partial charge in [0.2, 0.25) is 0 Å². The van der Waals surface area contributed by atoms with Crippen LogP contribution in [0.2, 0.25) is 0 Å². The fraction of sp³-hybridized carbons (Fsp3) is 0.231. The summed E-state index contributed by atoms with van der Waals surface area (Å²) >= 11 is 1.79. The molecule has 3 aromatic carbocycles. The van der Waals surface area contributed by atoms with Crippen molar-refractivity contribution in [2.45, 2.75) is 43.3 Å². The van der Waals surface area contributed by atoms with Crippen molar-refractivity contribution in [2.24, 2.45) is 0 Å². The molecule has 0 aliphatic carbocycles. The second kappa shape index (κ2) is 11.2. The first-order chi connectivity index (χ1) is 14.7. The van der Waals surface area contributed by atoms with Gasteiger partial charge in [-0.25, -0.2) is 4.79 Å². The lowest BCUT2D eigenvalue weighted by Gasteiger charge is -2.07. The number of carbonyl (C=O) groups is 1. The van der Waals surface area contributed by atoms with Gasteiger partial charge in [0.1, 0.15) is 5.75 Å². The molecule has 0 saturated carbocycles. The minimum atomic E-state index is -0.405. The van der Waals surface area contributed by atoms with Crippen LogP contribution in [0.1, 0.15) is 53.2 Å². The van der Waals surface area contributed by atoms with Gasteiger partial charge in [-0.2, -0.15) is 5.26 Å². The molecule has 0 atom stereocenters. The van der Waals surface area contributed by atoms with Gasteiger partial charge in [0.05, 0.1) is 17.2 Å². The van der Waals surface area contributed by atoms with E-state index in [1.54, 1.807) is 48.2 Å². The van der Waals surface area contributed by atoms with Crippen LogP contribution in [0.15, 0.2) is 77.7 Å². The van der Waals surface area contributed by atoms with E-state index in [1.165, 1.54) is 29.7 Å². The molecule has 0 unspecified atom stereocenters. The Balaban J connectivity index is 1.50. The van der Waals surface area contributed by atoms with Gasteiger partial charge in [-0.15, -0.1) is 11.8 Å². The summed E-state index contributed by atoms with van der Waals surface area (Å²) in [6, 6.07) is 24.9. The molecule has 0 aliphatic rings. The second-order valence-corrected chi connectivity index (χ2v) is 8.16. The van der Waals surface area contributed by atoms with E-state index in [9.17, 15) is 4.79 Å². The Kier molecular flexibility index (Phi) is 8.11. The molecular formula is C26H25NO2S. The molecule has 0 spiro atoms. The lowest BCUT2D eigenvalue weighted by atomic mass is 10.1. The Morgan fingerprint density at radius 3 is 2.20 bits per heavy atom. The van der Waals surface area contributed by atoms with Crippen molar-refractivity contribution in [1.29, 1.82) is 5.26 Å². The topological polar surface area (TPSA) is 50.1 Å². The third-order valence-electron chi connectivity index (χ3n) is 4.78. The number of nitriles is 1. The highest BCUT2D eigenvalue weighted by atomic mass is 32.2. The minimum absolute atomic E-state index is 0.405. The maximum Gasteiger partial charge on any atom is 0.343 e. The van der Waals surface area contributed by atoms with Crippen molar-refractivity contribution >= 4 is 17.7 Å². The molecule has 0 saturated heterocycles. The van der Waals surface area contributed by atoms with Crippen molar-refractivity contribution in [2.75, 3.05) is 0 Å². The summed E-state index contributed by atoms with van der Waals surface area (Å²) in [4.78, 5) is 13.5. The Labute approximate surface area is 182 Å². The van der Waals surface area contributed by atoms with E-state index >= 15 is 0 Å². The van der Waals surface area contributed by atoms with E-state index in [0.717, 1.165) is 17.7 Å². The number of hydrogen-bond acceptors (Lipinski definition) is 4. The molecule has 0 amide bonds. The zero-order valence-electron chi connectivity index (χ0n) is 17.1. The van der Waals surface area contributed by atoms with Crippen LogP contribution in [0.25, 0.3) is 0 Å².